The maximum Gasteiger partial charge on any atom is 0.344 e. The second-order valence-corrected chi connectivity index (χ2v) is 7.17. The lowest BCUT2D eigenvalue weighted by Crippen LogP contribution is -2.51. The quantitative estimate of drug-likeness (QED) is 0.627. The Morgan fingerprint density at radius 1 is 1.12 bits per heavy atom. The van der Waals surface area contributed by atoms with Crippen LogP contribution in [0.25, 0.3) is 0 Å². The summed E-state index contributed by atoms with van der Waals surface area (Å²) in [5.74, 6) is 2.22. The minimum atomic E-state index is -4.08. The second kappa shape index (κ2) is 6.07. The molecule has 7 heteroatoms. The van der Waals surface area contributed by atoms with E-state index in [0.717, 1.165) is 0 Å². The average molecular weight is 354 g/mol. The third-order valence-corrected chi connectivity index (χ3v) is 5.59. The number of hydrogen-bond acceptors (Lipinski definition) is 4. The summed E-state index contributed by atoms with van der Waals surface area (Å²) in [6, 6.07) is 11.2. The van der Waals surface area contributed by atoms with Crippen molar-refractivity contribution in [1.82, 2.24) is 0 Å². The highest BCUT2D eigenvalue weighted by molar-refractivity contribution is 7.94. The molecule has 6 nitrogen and oxygen atoms in total. The number of rotatable bonds is 3. The molecule has 0 fully saturated rings. The summed E-state index contributed by atoms with van der Waals surface area (Å²) in [5, 5.41) is 0. The van der Waals surface area contributed by atoms with Crippen LogP contribution in [0.3, 0.4) is 0 Å². The highest BCUT2D eigenvalue weighted by Gasteiger charge is 2.42. The molecule has 3 rings (SSSR count). The molecule has 2 aromatic carbocycles. The number of anilines is 2. The minimum absolute atomic E-state index is 0.000458. The van der Waals surface area contributed by atoms with Gasteiger partial charge in [0.25, 0.3) is 10.0 Å². The summed E-state index contributed by atoms with van der Waals surface area (Å²) < 4.78 is 26.6. The first-order valence-electron chi connectivity index (χ1n) is 7.38. The van der Waals surface area contributed by atoms with Gasteiger partial charge in [-0.15, -0.1) is 6.42 Å². The second-order valence-electron chi connectivity index (χ2n) is 5.41. The van der Waals surface area contributed by atoms with E-state index >= 15 is 0 Å². The van der Waals surface area contributed by atoms with E-state index in [9.17, 15) is 18.0 Å². The summed E-state index contributed by atoms with van der Waals surface area (Å²) in [4.78, 5) is 25.5. The molecule has 1 aliphatic heterocycles. The van der Waals surface area contributed by atoms with Crippen LogP contribution in [0.2, 0.25) is 0 Å². The van der Waals surface area contributed by atoms with Gasteiger partial charge in [0.1, 0.15) is 4.90 Å². The molecule has 0 saturated carbocycles. The Labute approximate surface area is 145 Å². The zero-order chi connectivity index (χ0) is 18.2. The van der Waals surface area contributed by atoms with Crippen LogP contribution in [-0.2, 0) is 10.0 Å². The molecule has 25 heavy (non-hydrogen) atoms. The average Bonchev–Trinajstić information content (AvgIpc) is 2.59. The SMILES string of the molecule is C#CCN1C(=O)N(c2ccc(C(C)=O)cc2)S(=O)(=O)c2ccccc21. The first-order chi connectivity index (χ1) is 11.9. The predicted molar refractivity (Wildman–Crippen MR) is 94.1 cm³/mol. The molecule has 0 spiro atoms. The number of fused-ring (bicyclic) bond motifs is 1. The third kappa shape index (κ3) is 2.66. The van der Waals surface area contributed by atoms with Crippen LogP contribution in [0.1, 0.15) is 17.3 Å². The fourth-order valence-electron chi connectivity index (χ4n) is 2.64. The molecule has 0 aromatic heterocycles. The van der Waals surface area contributed by atoms with Crippen LogP contribution in [0.5, 0.6) is 0 Å². The van der Waals surface area contributed by atoms with Crippen LogP contribution in [0.4, 0.5) is 16.2 Å². The van der Waals surface area contributed by atoms with E-state index in [4.69, 9.17) is 6.42 Å². The number of ketones is 1. The first kappa shape index (κ1) is 16.7. The lowest BCUT2D eigenvalue weighted by atomic mass is 10.1. The summed E-state index contributed by atoms with van der Waals surface area (Å²) in [7, 11) is -4.08. The van der Waals surface area contributed by atoms with Crippen molar-refractivity contribution >= 4 is 33.2 Å². The molecule has 126 valence electrons. The number of hydrogen-bond donors (Lipinski definition) is 0. The number of nitrogens with zero attached hydrogens (tertiary/aromatic N) is 2. The smallest absolute Gasteiger partial charge is 0.295 e. The third-order valence-electron chi connectivity index (χ3n) is 3.84. The van der Waals surface area contributed by atoms with Gasteiger partial charge in [-0.2, -0.15) is 4.31 Å². The number of para-hydroxylation sites is 1. The molecule has 0 radical (unpaired) electrons. The van der Waals surface area contributed by atoms with Gasteiger partial charge in [0, 0.05) is 5.56 Å². The van der Waals surface area contributed by atoms with Crippen molar-refractivity contribution in [1.29, 1.82) is 0 Å². The van der Waals surface area contributed by atoms with Gasteiger partial charge in [-0.3, -0.25) is 9.69 Å². The van der Waals surface area contributed by atoms with Crippen molar-refractivity contribution in [2.45, 2.75) is 11.8 Å². The molecule has 2 amide bonds. The maximum absolute atomic E-state index is 12.9. The van der Waals surface area contributed by atoms with E-state index in [1.165, 1.54) is 48.2 Å². The van der Waals surface area contributed by atoms with E-state index < -0.39 is 16.1 Å². The summed E-state index contributed by atoms with van der Waals surface area (Å²) in [6.45, 7) is 1.34. The van der Waals surface area contributed by atoms with Gasteiger partial charge in [-0.25, -0.2) is 13.2 Å². The fourth-order valence-corrected chi connectivity index (χ4v) is 4.23. The van der Waals surface area contributed by atoms with E-state index in [-0.39, 0.29) is 28.6 Å². The number of carbonyl (C=O) groups is 2. The fraction of sp³-hybridized carbons (Fsp3) is 0.111. The molecular weight excluding hydrogens is 340 g/mol. The summed E-state index contributed by atoms with van der Waals surface area (Å²) in [6.07, 6.45) is 5.33. The van der Waals surface area contributed by atoms with Gasteiger partial charge < -0.3 is 0 Å². The lowest BCUT2D eigenvalue weighted by Gasteiger charge is -2.35. The van der Waals surface area contributed by atoms with Gasteiger partial charge in [0.05, 0.1) is 17.9 Å². The monoisotopic (exact) mass is 354 g/mol. The Balaban J connectivity index is 2.18. The molecule has 0 atom stereocenters. The number of amides is 2. The Morgan fingerprint density at radius 2 is 1.76 bits per heavy atom. The van der Waals surface area contributed by atoms with Gasteiger partial charge in [0.2, 0.25) is 0 Å². The minimum Gasteiger partial charge on any atom is -0.295 e. The number of sulfonamides is 1. The largest absolute Gasteiger partial charge is 0.344 e. The summed E-state index contributed by atoms with van der Waals surface area (Å²) >= 11 is 0. The Kier molecular flexibility index (Phi) is 4.07. The molecular formula is C18H14N2O4S. The molecule has 1 heterocycles. The van der Waals surface area contributed by atoms with Crippen molar-refractivity contribution in [2.24, 2.45) is 0 Å². The number of Topliss-reactive ketones (excluding diaryl/α,β-unsaturated/α-hetero) is 1. The van der Waals surface area contributed by atoms with Gasteiger partial charge in [0.15, 0.2) is 5.78 Å². The van der Waals surface area contributed by atoms with Crippen LogP contribution in [-0.4, -0.2) is 26.8 Å². The zero-order valence-electron chi connectivity index (χ0n) is 13.3. The molecule has 1 aliphatic rings. The highest BCUT2D eigenvalue weighted by atomic mass is 32.2. The molecule has 2 aromatic rings. The maximum atomic E-state index is 12.9. The van der Waals surface area contributed by atoms with Crippen LogP contribution in [0.15, 0.2) is 53.4 Å². The van der Waals surface area contributed by atoms with Crippen molar-refractivity contribution in [3.05, 3.63) is 54.1 Å². The standard InChI is InChI=1S/C18H14N2O4S/c1-3-12-19-16-6-4-5-7-17(16)25(23,24)20(18(19)22)15-10-8-14(9-11-15)13(2)21/h1,4-11H,12H2,2H3. The van der Waals surface area contributed by atoms with Crippen molar-refractivity contribution in [3.8, 4) is 12.3 Å². The molecule has 0 unspecified atom stereocenters. The molecule has 0 saturated heterocycles. The Hall–Kier alpha value is -3.11. The number of benzene rings is 2. The van der Waals surface area contributed by atoms with E-state index in [0.29, 0.717) is 9.87 Å². The van der Waals surface area contributed by atoms with Gasteiger partial charge >= 0.3 is 6.03 Å². The van der Waals surface area contributed by atoms with Crippen LogP contribution in [0, 0.1) is 12.3 Å². The van der Waals surface area contributed by atoms with Crippen molar-refractivity contribution in [3.63, 3.8) is 0 Å². The van der Waals surface area contributed by atoms with Crippen LogP contribution >= 0.6 is 0 Å². The van der Waals surface area contributed by atoms with E-state index in [1.54, 1.807) is 12.1 Å². The van der Waals surface area contributed by atoms with Crippen LogP contribution < -0.4 is 9.21 Å². The van der Waals surface area contributed by atoms with Crippen molar-refractivity contribution in [2.75, 3.05) is 15.7 Å². The predicted octanol–water partition coefficient (Wildman–Crippen LogP) is 2.66. The Bertz CT molecular complexity index is 1000. The molecule has 0 bridgehead atoms. The molecule has 0 aliphatic carbocycles. The lowest BCUT2D eigenvalue weighted by molar-refractivity contribution is 0.101. The Morgan fingerprint density at radius 3 is 2.36 bits per heavy atom. The highest BCUT2D eigenvalue weighted by Crippen LogP contribution is 2.36. The van der Waals surface area contributed by atoms with E-state index in [1.807, 2.05) is 0 Å². The first-order valence-corrected chi connectivity index (χ1v) is 8.82. The van der Waals surface area contributed by atoms with E-state index in [2.05, 4.69) is 5.92 Å². The number of terminal acetylenes is 1. The van der Waals surface area contributed by atoms with Crippen molar-refractivity contribution < 1.29 is 18.0 Å². The number of urea groups is 1. The topological polar surface area (TPSA) is 74.8 Å². The van der Waals surface area contributed by atoms with Gasteiger partial charge in [-0.05, 0) is 43.3 Å². The zero-order valence-corrected chi connectivity index (χ0v) is 14.2. The summed E-state index contributed by atoms with van der Waals surface area (Å²) in [5.41, 5.74) is 0.820. The molecule has 0 N–H and O–H groups in total. The normalized spacial score (nSPS) is 15.4. The van der Waals surface area contributed by atoms with Gasteiger partial charge in [-0.1, -0.05) is 18.1 Å². The number of carbonyl (C=O) groups excluding carboxylic acids is 2.